The molecular weight excluding hydrogens is 462 g/mol. The topological polar surface area (TPSA) is 103 Å². The van der Waals surface area contributed by atoms with E-state index < -0.39 is 0 Å². The van der Waals surface area contributed by atoms with Gasteiger partial charge in [0.25, 0.3) is 5.91 Å². The summed E-state index contributed by atoms with van der Waals surface area (Å²) >= 11 is 1.49. The van der Waals surface area contributed by atoms with E-state index in [1.165, 1.54) is 11.3 Å². The number of aliphatic imine (C=N–C) groups is 2. The van der Waals surface area contributed by atoms with E-state index in [2.05, 4.69) is 51.2 Å². The van der Waals surface area contributed by atoms with E-state index in [0.717, 1.165) is 52.6 Å². The highest BCUT2D eigenvalue weighted by Gasteiger charge is 2.25. The highest BCUT2D eigenvalue weighted by molar-refractivity contribution is 7.21. The van der Waals surface area contributed by atoms with Gasteiger partial charge >= 0.3 is 6.02 Å². The number of hydrogen-bond donors (Lipinski definition) is 3. The van der Waals surface area contributed by atoms with Gasteiger partial charge in [0.2, 0.25) is 0 Å². The third-order valence-corrected chi connectivity index (χ3v) is 7.34. The maximum atomic E-state index is 12.6. The lowest BCUT2D eigenvalue weighted by Crippen LogP contribution is -2.37. The van der Waals surface area contributed by atoms with Crippen LogP contribution in [0.5, 0.6) is 0 Å². The highest BCUT2D eigenvalue weighted by atomic mass is 32.1. The van der Waals surface area contributed by atoms with Crippen LogP contribution in [0.25, 0.3) is 21.0 Å². The van der Waals surface area contributed by atoms with Gasteiger partial charge < -0.3 is 25.6 Å². The van der Waals surface area contributed by atoms with Crippen molar-refractivity contribution in [1.82, 2.24) is 15.2 Å². The maximum absolute atomic E-state index is 12.6. The van der Waals surface area contributed by atoms with Crippen molar-refractivity contribution in [3.8, 4) is 0 Å². The van der Waals surface area contributed by atoms with Gasteiger partial charge in [0.1, 0.15) is 22.6 Å². The molecule has 0 aliphatic carbocycles. The van der Waals surface area contributed by atoms with Gasteiger partial charge in [-0.15, -0.1) is 11.3 Å². The van der Waals surface area contributed by atoms with Crippen molar-refractivity contribution in [2.24, 2.45) is 9.98 Å². The summed E-state index contributed by atoms with van der Waals surface area (Å²) in [5, 5.41) is 11.6. The second kappa shape index (κ2) is 9.63. The molecule has 10 heteroatoms. The number of thiophene rings is 1. The molecule has 1 fully saturated rings. The zero-order valence-electron chi connectivity index (χ0n) is 19.9. The minimum Gasteiger partial charge on any atom is -0.459 e. The number of ether oxygens (including phenoxy) is 1. The molecule has 0 spiro atoms. The summed E-state index contributed by atoms with van der Waals surface area (Å²) in [5.74, 6) is 0.925. The predicted molar refractivity (Wildman–Crippen MR) is 144 cm³/mol. The van der Waals surface area contributed by atoms with E-state index in [0.29, 0.717) is 23.1 Å². The van der Waals surface area contributed by atoms with Crippen LogP contribution in [-0.4, -0.2) is 67.4 Å². The van der Waals surface area contributed by atoms with Crippen molar-refractivity contribution in [2.45, 2.75) is 31.9 Å². The summed E-state index contributed by atoms with van der Waals surface area (Å²) in [6.07, 6.45) is 2.07. The van der Waals surface area contributed by atoms with Crippen molar-refractivity contribution in [3.05, 3.63) is 41.5 Å². The molecular formula is C25H29N7O2S. The second-order valence-corrected chi connectivity index (χ2v) is 10.1. The van der Waals surface area contributed by atoms with Gasteiger partial charge in [0.05, 0.1) is 11.2 Å². The Bertz CT molecular complexity index is 1350. The fourth-order valence-corrected chi connectivity index (χ4v) is 5.65. The molecule has 0 saturated carbocycles. The molecule has 35 heavy (non-hydrogen) atoms. The average molecular weight is 492 g/mol. The molecule has 2 atom stereocenters. The number of nitrogens with one attached hydrogen (secondary N) is 3. The minimum atomic E-state index is -0.0408. The standard InChI is InChI=1S/C25H29N7O2S/c1-14-12-27-22-21-17-7-10-20(31-18(17)8-9-19(21)35-23(22)24(33)28-14)29-15(2)30-25(26-3)34-16-6-5-11-32(4)13-16/h7-10,14,16,27H,2-3,5-6,11-13H2,1,4H3,(H,28,33)(H,29,31)/b30-25+/t14-,16?/m1/s1. The van der Waals surface area contributed by atoms with Gasteiger partial charge in [-0.1, -0.05) is 6.58 Å². The Morgan fingerprint density at radius 1 is 1.34 bits per heavy atom. The van der Waals surface area contributed by atoms with Crippen molar-refractivity contribution < 1.29 is 9.53 Å². The first-order valence-electron chi connectivity index (χ1n) is 11.7. The number of pyridine rings is 1. The maximum Gasteiger partial charge on any atom is 0.318 e. The number of aromatic nitrogens is 1. The smallest absolute Gasteiger partial charge is 0.318 e. The van der Waals surface area contributed by atoms with Crippen LogP contribution in [-0.2, 0) is 4.74 Å². The Labute approximate surface area is 208 Å². The first kappa shape index (κ1) is 23.3. The minimum absolute atomic E-state index is 0.0337. The number of likely N-dealkylation sites (tertiary alicyclic amines) is 1. The summed E-state index contributed by atoms with van der Waals surface area (Å²) in [6.45, 7) is 12.1. The fraction of sp³-hybridized carbons (Fsp3) is 0.360. The number of anilines is 2. The molecule has 2 aliphatic rings. The first-order valence-corrected chi connectivity index (χ1v) is 12.5. The molecule has 1 aromatic carbocycles. The highest BCUT2D eigenvalue weighted by Crippen LogP contribution is 2.41. The summed E-state index contributed by atoms with van der Waals surface area (Å²) in [7, 11) is 2.08. The van der Waals surface area contributed by atoms with Crippen LogP contribution in [0.15, 0.2) is 46.7 Å². The largest absolute Gasteiger partial charge is 0.459 e. The quantitative estimate of drug-likeness (QED) is 0.376. The van der Waals surface area contributed by atoms with Crippen LogP contribution in [0.2, 0.25) is 0 Å². The van der Waals surface area contributed by atoms with Crippen LogP contribution in [0.4, 0.5) is 11.5 Å². The molecule has 3 aromatic rings. The zero-order chi connectivity index (χ0) is 24.5. The van der Waals surface area contributed by atoms with Crippen molar-refractivity contribution >= 4 is 62.5 Å². The molecule has 3 N–H and O–H groups in total. The van der Waals surface area contributed by atoms with Gasteiger partial charge in [0.15, 0.2) is 0 Å². The molecule has 2 aromatic heterocycles. The van der Waals surface area contributed by atoms with Gasteiger partial charge in [-0.25, -0.2) is 9.98 Å². The predicted octanol–water partition coefficient (Wildman–Crippen LogP) is 4.04. The average Bonchev–Trinajstić information content (AvgIpc) is 3.15. The summed E-state index contributed by atoms with van der Waals surface area (Å²) < 4.78 is 6.97. The summed E-state index contributed by atoms with van der Waals surface area (Å²) in [6, 6.07) is 8.12. The Balaban J connectivity index is 1.38. The van der Waals surface area contributed by atoms with E-state index in [1.54, 1.807) is 0 Å². The molecule has 5 rings (SSSR count). The molecule has 1 unspecified atom stereocenters. The van der Waals surface area contributed by atoms with Crippen LogP contribution in [0.3, 0.4) is 0 Å². The van der Waals surface area contributed by atoms with Crippen LogP contribution >= 0.6 is 11.3 Å². The Morgan fingerprint density at radius 3 is 3.00 bits per heavy atom. The number of piperidine rings is 1. The van der Waals surface area contributed by atoms with Crippen molar-refractivity contribution in [1.29, 1.82) is 0 Å². The van der Waals surface area contributed by atoms with Crippen molar-refractivity contribution in [2.75, 3.05) is 37.3 Å². The number of hydrogen-bond acceptors (Lipinski definition) is 8. The zero-order valence-corrected chi connectivity index (χ0v) is 20.7. The summed E-state index contributed by atoms with van der Waals surface area (Å²) in [4.78, 5) is 28.6. The normalized spacial score (nSPS) is 21.1. The number of carbonyl (C=O) groups is 1. The van der Waals surface area contributed by atoms with E-state index in [9.17, 15) is 4.79 Å². The molecule has 4 heterocycles. The number of amides is 1. The third kappa shape index (κ3) is 4.85. The number of nitrogens with zero attached hydrogens (tertiary/aromatic N) is 4. The first-order chi connectivity index (χ1) is 16.9. The van der Waals surface area contributed by atoms with Crippen molar-refractivity contribution in [3.63, 3.8) is 0 Å². The number of rotatable bonds is 4. The lowest BCUT2D eigenvalue weighted by molar-refractivity contribution is 0.0932. The molecule has 1 saturated heterocycles. The number of amidine groups is 1. The van der Waals surface area contributed by atoms with E-state index in [-0.39, 0.29) is 24.1 Å². The number of fused-ring (bicyclic) bond motifs is 5. The van der Waals surface area contributed by atoms with E-state index in [4.69, 9.17) is 9.72 Å². The Morgan fingerprint density at radius 2 is 2.20 bits per heavy atom. The third-order valence-electron chi connectivity index (χ3n) is 6.18. The Hall–Kier alpha value is -3.50. The molecule has 0 radical (unpaired) electrons. The van der Waals surface area contributed by atoms with E-state index >= 15 is 0 Å². The number of benzene rings is 1. The molecule has 1 amide bonds. The lowest BCUT2D eigenvalue weighted by atomic mass is 10.1. The van der Waals surface area contributed by atoms with Gasteiger partial charge in [-0.2, -0.15) is 4.99 Å². The van der Waals surface area contributed by atoms with Crippen LogP contribution in [0, 0.1) is 0 Å². The molecule has 2 aliphatic heterocycles. The lowest BCUT2D eigenvalue weighted by Gasteiger charge is -2.29. The van der Waals surface area contributed by atoms with Crippen LogP contribution < -0.4 is 16.0 Å². The SMILES string of the molecule is C=N/C(=N\C(=C)Nc1ccc2c(ccc3sc4c(c32)NC[C@@H](C)NC4=O)n1)OC1CCCN(C)C1. The number of carbonyl (C=O) groups excluding carboxylic acids is 1. The monoisotopic (exact) mass is 491 g/mol. The molecule has 9 nitrogen and oxygen atoms in total. The van der Waals surface area contributed by atoms with Gasteiger partial charge in [-0.3, -0.25) is 4.79 Å². The Kier molecular flexibility index (Phi) is 6.40. The van der Waals surface area contributed by atoms with Gasteiger partial charge in [0, 0.05) is 34.6 Å². The van der Waals surface area contributed by atoms with Crippen LogP contribution in [0.1, 0.15) is 29.4 Å². The summed E-state index contributed by atoms with van der Waals surface area (Å²) in [5.41, 5.74) is 1.68. The molecule has 182 valence electrons. The van der Waals surface area contributed by atoms with Gasteiger partial charge in [-0.05, 0) is 64.3 Å². The fourth-order valence-electron chi connectivity index (χ4n) is 4.55. The molecule has 0 bridgehead atoms. The number of likely N-dealkylation sites (N-methyl/N-ethyl adjacent to an activating group) is 1. The second-order valence-electron chi connectivity index (χ2n) is 9.03. The van der Waals surface area contributed by atoms with E-state index in [1.807, 2.05) is 31.2 Å².